The number of para-hydroxylation sites is 1. The van der Waals surface area contributed by atoms with Gasteiger partial charge in [-0.05, 0) is 53.4 Å². The summed E-state index contributed by atoms with van der Waals surface area (Å²) in [6, 6.07) is 20.2. The summed E-state index contributed by atoms with van der Waals surface area (Å²) < 4.78 is 2.09. The monoisotopic (exact) mass is 450 g/mol. The summed E-state index contributed by atoms with van der Waals surface area (Å²) in [5, 5.41) is 1.14. The number of rotatable bonds is 5. The summed E-state index contributed by atoms with van der Waals surface area (Å²) in [5.74, 6) is -0.666. The van der Waals surface area contributed by atoms with Crippen LogP contribution in [-0.4, -0.2) is 39.2 Å². The maximum atomic E-state index is 12.6. The van der Waals surface area contributed by atoms with Crippen molar-refractivity contribution in [2.75, 3.05) is 11.9 Å². The molecule has 1 aliphatic rings. The van der Waals surface area contributed by atoms with E-state index in [2.05, 4.69) is 27.8 Å². The van der Waals surface area contributed by atoms with Crippen LogP contribution in [-0.2, 0) is 18.4 Å². The Bertz CT molecular complexity index is 1430. The van der Waals surface area contributed by atoms with Crippen molar-refractivity contribution in [2.45, 2.75) is 6.54 Å². The van der Waals surface area contributed by atoms with E-state index in [1.165, 1.54) is 12.3 Å². The summed E-state index contributed by atoms with van der Waals surface area (Å²) in [6.07, 6.45) is 4.69. The molecule has 0 spiro atoms. The molecule has 0 N–H and O–H groups in total. The summed E-state index contributed by atoms with van der Waals surface area (Å²) in [7, 11) is 3.75. The molecule has 0 fully saturated rings. The van der Waals surface area contributed by atoms with Crippen LogP contribution in [0.4, 0.5) is 5.82 Å². The van der Waals surface area contributed by atoms with Gasteiger partial charge in [0, 0.05) is 37.6 Å². The minimum Gasteiger partial charge on any atom is -0.346 e. The van der Waals surface area contributed by atoms with Gasteiger partial charge in [-0.25, -0.2) is 9.88 Å². The van der Waals surface area contributed by atoms with Crippen molar-refractivity contribution < 1.29 is 14.4 Å². The first kappa shape index (κ1) is 21.3. The molecule has 2 aromatic carbocycles. The van der Waals surface area contributed by atoms with E-state index in [4.69, 9.17) is 0 Å². The molecule has 0 saturated carbocycles. The number of nitrogens with zero attached hydrogens (tertiary/aromatic N) is 4. The van der Waals surface area contributed by atoms with Gasteiger partial charge in [0.15, 0.2) is 0 Å². The molecule has 5 rings (SSSR count). The van der Waals surface area contributed by atoms with Crippen molar-refractivity contribution in [3.05, 3.63) is 101 Å². The molecule has 0 bridgehead atoms. The molecule has 4 aromatic rings. The highest BCUT2D eigenvalue weighted by Gasteiger charge is 2.36. The Hall–Kier alpha value is -4.52. The maximum Gasteiger partial charge on any atom is 0.267 e. The number of pyridine rings is 1. The van der Waals surface area contributed by atoms with E-state index in [1.807, 2.05) is 19.2 Å². The second kappa shape index (κ2) is 8.44. The highest BCUT2D eigenvalue weighted by molar-refractivity contribution is 6.34. The van der Waals surface area contributed by atoms with Crippen LogP contribution >= 0.6 is 0 Å². The minimum absolute atomic E-state index is 0.144. The van der Waals surface area contributed by atoms with E-state index in [9.17, 15) is 14.4 Å². The molecule has 3 amide bonds. The number of imide groups is 1. The number of aryl methyl sites for hydroxylation is 1. The molecule has 0 atom stereocenters. The molecule has 34 heavy (non-hydrogen) atoms. The van der Waals surface area contributed by atoms with Crippen molar-refractivity contribution in [3.63, 3.8) is 0 Å². The molecule has 7 heteroatoms. The highest BCUT2D eigenvalue weighted by atomic mass is 16.2. The molecule has 0 saturated heterocycles. The van der Waals surface area contributed by atoms with E-state index < -0.39 is 0 Å². The summed E-state index contributed by atoms with van der Waals surface area (Å²) >= 11 is 0. The van der Waals surface area contributed by atoms with Crippen LogP contribution in [0.3, 0.4) is 0 Å². The zero-order chi connectivity index (χ0) is 23.8. The Labute approximate surface area is 196 Å². The number of benzene rings is 2. The lowest BCUT2D eigenvalue weighted by Crippen LogP contribution is -2.30. The maximum absolute atomic E-state index is 12.6. The number of hydrogen-bond acceptors (Lipinski definition) is 4. The van der Waals surface area contributed by atoms with E-state index >= 15 is 0 Å². The lowest BCUT2D eigenvalue weighted by molar-refractivity contribution is -0.125. The van der Waals surface area contributed by atoms with Crippen LogP contribution < -0.4 is 4.90 Å². The zero-order valence-electron chi connectivity index (χ0n) is 18.8. The lowest BCUT2D eigenvalue weighted by atomic mass is 10.1. The molecule has 0 unspecified atom stereocenters. The van der Waals surface area contributed by atoms with Gasteiger partial charge < -0.3 is 9.47 Å². The Balaban J connectivity index is 1.26. The summed E-state index contributed by atoms with van der Waals surface area (Å²) in [5.41, 5.74) is 3.60. The molecule has 0 aliphatic carbocycles. The molecular formula is C27H22N4O3. The van der Waals surface area contributed by atoms with Crippen LogP contribution in [0.2, 0.25) is 0 Å². The number of aromatic nitrogens is 2. The van der Waals surface area contributed by atoms with Crippen molar-refractivity contribution in [3.8, 4) is 0 Å². The predicted octanol–water partition coefficient (Wildman–Crippen LogP) is 4.05. The quantitative estimate of drug-likeness (QED) is 0.340. The second-order valence-corrected chi connectivity index (χ2v) is 8.22. The van der Waals surface area contributed by atoms with E-state index in [1.54, 1.807) is 54.4 Å². The van der Waals surface area contributed by atoms with Gasteiger partial charge in [-0.2, -0.15) is 0 Å². The molecule has 7 nitrogen and oxygen atoms in total. The van der Waals surface area contributed by atoms with Crippen molar-refractivity contribution in [1.82, 2.24) is 14.5 Å². The third-order valence-corrected chi connectivity index (χ3v) is 6.04. The largest absolute Gasteiger partial charge is 0.346 e. The summed E-state index contributed by atoms with van der Waals surface area (Å²) in [4.78, 5) is 44.9. The third kappa shape index (κ3) is 3.67. The fraction of sp³-hybridized carbons (Fsp3) is 0.111. The minimum atomic E-state index is -0.387. The standard InChI is InChI=1S/C27H22N4O3/c1-29(17-20-15-19-7-3-6-10-23(19)30(20)2)25(32)14-12-18-11-13-24(28-16-18)31-26(33)21-8-4-5-9-22(21)27(31)34/h3-16H,17H2,1-2H3. The van der Waals surface area contributed by atoms with Crippen LogP contribution in [0, 0.1) is 0 Å². The molecule has 168 valence electrons. The van der Waals surface area contributed by atoms with E-state index in [0.717, 1.165) is 21.5 Å². The van der Waals surface area contributed by atoms with Crippen LogP contribution in [0.5, 0.6) is 0 Å². The van der Waals surface area contributed by atoms with Gasteiger partial charge in [-0.3, -0.25) is 14.4 Å². The Morgan fingerprint density at radius 2 is 1.65 bits per heavy atom. The molecule has 2 aromatic heterocycles. The van der Waals surface area contributed by atoms with Gasteiger partial charge >= 0.3 is 0 Å². The van der Waals surface area contributed by atoms with Gasteiger partial charge in [0.25, 0.3) is 11.8 Å². The Morgan fingerprint density at radius 1 is 0.971 bits per heavy atom. The van der Waals surface area contributed by atoms with Crippen molar-refractivity contribution >= 4 is 40.5 Å². The number of amides is 3. The van der Waals surface area contributed by atoms with Gasteiger partial charge in [-0.15, -0.1) is 0 Å². The number of hydrogen-bond donors (Lipinski definition) is 0. The molecule has 3 heterocycles. The average molecular weight is 450 g/mol. The third-order valence-electron chi connectivity index (χ3n) is 6.04. The molecular weight excluding hydrogens is 428 g/mol. The van der Waals surface area contributed by atoms with Crippen molar-refractivity contribution in [1.29, 1.82) is 0 Å². The number of likely N-dealkylation sites (N-methyl/N-ethyl adjacent to an activating group) is 1. The van der Waals surface area contributed by atoms with Gasteiger partial charge in [-0.1, -0.05) is 30.3 Å². The normalized spacial score (nSPS) is 13.2. The Kier molecular flexibility index (Phi) is 5.30. The lowest BCUT2D eigenvalue weighted by Gasteiger charge is -2.16. The molecule has 1 aliphatic heterocycles. The highest BCUT2D eigenvalue weighted by Crippen LogP contribution is 2.27. The average Bonchev–Trinajstić information content (AvgIpc) is 3.31. The van der Waals surface area contributed by atoms with E-state index in [-0.39, 0.29) is 23.5 Å². The summed E-state index contributed by atoms with van der Waals surface area (Å²) in [6.45, 7) is 0.477. The second-order valence-electron chi connectivity index (χ2n) is 8.22. The molecule has 0 radical (unpaired) electrons. The fourth-order valence-electron chi connectivity index (χ4n) is 4.14. The predicted molar refractivity (Wildman–Crippen MR) is 130 cm³/mol. The van der Waals surface area contributed by atoms with Gasteiger partial charge in [0.1, 0.15) is 5.82 Å². The number of carbonyl (C=O) groups excluding carboxylic acids is 3. The van der Waals surface area contributed by atoms with Gasteiger partial charge in [0.05, 0.1) is 17.7 Å². The van der Waals surface area contributed by atoms with Crippen LogP contribution in [0.1, 0.15) is 32.0 Å². The first-order valence-electron chi connectivity index (χ1n) is 10.8. The topological polar surface area (TPSA) is 75.5 Å². The first-order valence-corrected chi connectivity index (χ1v) is 10.8. The van der Waals surface area contributed by atoms with Crippen LogP contribution in [0.15, 0.2) is 79.0 Å². The fourth-order valence-corrected chi connectivity index (χ4v) is 4.14. The smallest absolute Gasteiger partial charge is 0.267 e. The van der Waals surface area contributed by atoms with Gasteiger partial charge in [0.2, 0.25) is 5.91 Å². The van der Waals surface area contributed by atoms with E-state index in [0.29, 0.717) is 23.2 Å². The van der Waals surface area contributed by atoms with Crippen molar-refractivity contribution in [2.24, 2.45) is 7.05 Å². The zero-order valence-corrected chi connectivity index (χ0v) is 18.8. The number of anilines is 1. The van der Waals surface area contributed by atoms with Crippen LogP contribution in [0.25, 0.3) is 17.0 Å². The number of carbonyl (C=O) groups is 3. The Morgan fingerprint density at radius 3 is 2.29 bits per heavy atom. The number of fused-ring (bicyclic) bond motifs is 2. The SMILES string of the molecule is CN(Cc1cc2ccccc2n1C)C(=O)C=Cc1ccc(N2C(=O)c3ccccc3C2=O)nc1. The first-order chi connectivity index (χ1) is 16.4.